The topological polar surface area (TPSA) is 66.0 Å². The highest BCUT2D eigenvalue weighted by Crippen LogP contribution is 2.33. The highest BCUT2D eigenvalue weighted by molar-refractivity contribution is 5.85. The van der Waals surface area contributed by atoms with Gasteiger partial charge in [-0.25, -0.2) is 4.68 Å². The van der Waals surface area contributed by atoms with Gasteiger partial charge in [0.2, 0.25) is 5.88 Å². The van der Waals surface area contributed by atoms with Crippen molar-refractivity contribution in [3.05, 3.63) is 42.2 Å². The molecule has 0 bridgehead atoms. The van der Waals surface area contributed by atoms with E-state index in [0.717, 1.165) is 22.3 Å². The standard InChI is InChI=1S/C15H16N4O/c1-3-19-15(14(16)10(2)18-19)20-13-8-4-7-12-11(13)6-5-9-17-12/h4-9H,3,16H2,1-2H3. The highest BCUT2D eigenvalue weighted by atomic mass is 16.5. The van der Waals surface area contributed by atoms with Crippen LogP contribution in [0.4, 0.5) is 5.69 Å². The number of ether oxygens (including phenoxy) is 1. The Labute approximate surface area is 117 Å². The molecule has 0 amide bonds. The first-order valence-corrected chi connectivity index (χ1v) is 6.55. The van der Waals surface area contributed by atoms with Crippen LogP contribution in [-0.2, 0) is 6.54 Å². The van der Waals surface area contributed by atoms with Crippen molar-refractivity contribution in [2.75, 3.05) is 5.73 Å². The smallest absolute Gasteiger partial charge is 0.241 e. The predicted octanol–water partition coefficient (Wildman–Crippen LogP) is 3.13. The summed E-state index contributed by atoms with van der Waals surface area (Å²) in [6, 6.07) is 9.65. The summed E-state index contributed by atoms with van der Waals surface area (Å²) in [5.74, 6) is 1.32. The van der Waals surface area contributed by atoms with Crippen LogP contribution in [0.1, 0.15) is 12.6 Å². The van der Waals surface area contributed by atoms with Gasteiger partial charge in [0, 0.05) is 18.1 Å². The number of nitrogen functional groups attached to an aromatic ring is 1. The fourth-order valence-electron chi connectivity index (χ4n) is 2.16. The Kier molecular flexibility index (Phi) is 3.02. The van der Waals surface area contributed by atoms with Crippen molar-refractivity contribution >= 4 is 16.6 Å². The van der Waals surface area contributed by atoms with Gasteiger partial charge in [0.25, 0.3) is 0 Å². The van der Waals surface area contributed by atoms with Crippen LogP contribution in [0.2, 0.25) is 0 Å². The lowest BCUT2D eigenvalue weighted by molar-refractivity contribution is 0.422. The first-order chi connectivity index (χ1) is 9.70. The van der Waals surface area contributed by atoms with Crippen LogP contribution >= 0.6 is 0 Å². The largest absolute Gasteiger partial charge is 0.437 e. The average molecular weight is 268 g/mol. The Hall–Kier alpha value is -2.56. The number of aryl methyl sites for hydroxylation is 2. The van der Waals surface area contributed by atoms with E-state index < -0.39 is 0 Å². The second kappa shape index (κ2) is 4.85. The van der Waals surface area contributed by atoms with E-state index in [1.807, 2.05) is 44.2 Å². The van der Waals surface area contributed by atoms with E-state index in [0.29, 0.717) is 18.1 Å². The molecular weight excluding hydrogens is 252 g/mol. The lowest BCUT2D eigenvalue weighted by atomic mass is 10.2. The van der Waals surface area contributed by atoms with E-state index in [4.69, 9.17) is 10.5 Å². The average Bonchev–Trinajstić information content (AvgIpc) is 2.75. The molecule has 0 spiro atoms. The molecule has 5 heteroatoms. The van der Waals surface area contributed by atoms with Crippen molar-refractivity contribution in [1.29, 1.82) is 0 Å². The maximum Gasteiger partial charge on any atom is 0.241 e. The van der Waals surface area contributed by atoms with Crippen LogP contribution in [0, 0.1) is 6.92 Å². The highest BCUT2D eigenvalue weighted by Gasteiger charge is 2.15. The zero-order chi connectivity index (χ0) is 14.1. The van der Waals surface area contributed by atoms with Crippen LogP contribution in [0.15, 0.2) is 36.5 Å². The third-order valence-electron chi connectivity index (χ3n) is 3.24. The molecule has 0 aliphatic carbocycles. The number of pyridine rings is 1. The lowest BCUT2D eigenvalue weighted by Gasteiger charge is -2.10. The maximum absolute atomic E-state index is 6.05. The van der Waals surface area contributed by atoms with Crippen molar-refractivity contribution in [2.45, 2.75) is 20.4 Å². The molecule has 0 saturated heterocycles. The normalized spacial score (nSPS) is 10.9. The number of nitrogens with zero attached hydrogens (tertiary/aromatic N) is 3. The Bertz CT molecular complexity index is 758. The molecule has 2 heterocycles. The molecule has 0 saturated carbocycles. The van der Waals surface area contributed by atoms with Crippen LogP contribution in [0.3, 0.4) is 0 Å². The van der Waals surface area contributed by atoms with Gasteiger partial charge in [0.15, 0.2) is 0 Å². The number of hydrogen-bond acceptors (Lipinski definition) is 4. The van der Waals surface area contributed by atoms with Gasteiger partial charge >= 0.3 is 0 Å². The molecule has 0 atom stereocenters. The van der Waals surface area contributed by atoms with E-state index in [2.05, 4.69) is 10.1 Å². The fraction of sp³-hybridized carbons (Fsp3) is 0.200. The third-order valence-corrected chi connectivity index (χ3v) is 3.24. The van der Waals surface area contributed by atoms with Crippen LogP contribution < -0.4 is 10.5 Å². The molecular formula is C15H16N4O. The van der Waals surface area contributed by atoms with Gasteiger partial charge < -0.3 is 10.5 Å². The third kappa shape index (κ3) is 1.97. The van der Waals surface area contributed by atoms with Crippen molar-refractivity contribution in [3.63, 3.8) is 0 Å². The summed E-state index contributed by atoms with van der Waals surface area (Å²) < 4.78 is 7.76. The number of benzene rings is 1. The lowest BCUT2D eigenvalue weighted by Crippen LogP contribution is -2.01. The molecule has 2 aromatic heterocycles. The summed E-state index contributed by atoms with van der Waals surface area (Å²) in [4.78, 5) is 4.32. The second-order valence-corrected chi connectivity index (χ2v) is 4.55. The van der Waals surface area contributed by atoms with Gasteiger partial charge in [-0.3, -0.25) is 4.98 Å². The number of fused-ring (bicyclic) bond motifs is 1. The Morgan fingerprint density at radius 1 is 1.25 bits per heavy atom. The summed E-state index contributed by atoms with van der Waals surface area (Å²) in [5.41, 5.74) is 8.29. The van der Waals surface area contributed by atoms with Crippen molar-refractivity contribution < 1.29 is 4.74 Å². The zero-order valence-electron chi connectivity index (χ0n) is 11.5. The minimum Gasteiger partial charge on any atom is -0.437 e. The van der Waals surface area contributed by atoms with Gasteiger partial charge in [0.05, 0.1) is 11.2 Å². The van der Waals surface area contributed by atoms with E-state index in [9.17, 15) is 0 Å². The molecule has 102 valence electrons. The van der Waals surface area contributed by atoms with Crippen molar-refractivity contribution in [3.8, 4) is 11.6 Å². The summed E-state index contributed by atoms with van der Waals surface area (Å²) in [5, 5.41) is 5.31. The number of aromatic nitrogens is 3. The first kappa shape index (κ1) is 12.5. The van der Waals surface area contributed by atoms with Crippen LogP contribution in [-0.4, -0.2) is 14.8 Å². The Morgan fingerprint density at radius 3 is 2.90 bits per heavy atom. The fourth-order valence-corrected chi connectivity index (χ4v) is 2.16. The molecule has 0 unspecified atom stereocenters. The molecule has 3 aromatic rings. The van der Waals surface area contributed by atoms with Crippen molar-refractivity contribution in [1.82, 2.24) is 14.8 Å². The van der Waals surface area contributed by atoms with E-state index in [1.54, 1.807) is 10.9 Å². The van der Waals surface area contributed by atoms with Gasteiger partial charge in [-0.2, -0.15) is 5.10 Å². The Morgan fingerprint density at radius 2 is 2.10 bits per heavy atom. The predicted molar refractivity (Wildman–Crippen MR) is 78.9 cm³/mol. The second-order valence-electron chi connectivity index (χ2n) is 4.55. The summed E-state index contributed by atoms with van der Waals surface area (Å²) in [6.45, 7) is 4.58. The first-order valence-electron chi connectivity index (χ1n) is 6.55. The molecule has 2 N–H and O–H groups in total. The molecule has 0 aliphatic heterocycles. The van der Waals surface area contributed by atoms with Crippen LogP contribution in [0.5, 0.6) is 11.6 Å². The van der Waals surface area contributed by atoms with Crippen molar-refractivity contribution in [2.24, 2.45) is 0 Å². The summed E-state index contributed by atoms with van der Waals surface area (Å²) in [6.07, 6.45) is 1.76. The quantitative estimate of drug-likeness (QED) is 0.792. The summed E-state index contributed by atoms with van der Waals surface area (Å²) >= 11 is 0. The minimum absolute atomic E-state index is 0.577. The zero-order valence-corrected chi connectivity index (χ0v) is 11.5. The monoisotopic (exact) mass is 268 g/mol. The molecule has 1 aromatic carbocycles. The van der Waals surface area contributed by atoms with Crippen LogP contribution in [0.25, 0.3) is 10.9 Å². The van der Waals surface area contributed by atoms with E-state index in [-0.39, 0.29) is 0 Å². The van der Waals surface area contributed by atoms with Gasteiger partial charge in [0.1, 0.15) is 11.4 Å². The Balaban J connectivity index is 2.10. The van der Waals surface area contributed by atoms with E-state index in [1.165, 1.54) is 0 Å². The molecule has 5 nitrogen and oxygen atoms in total. The molecule has 20 heavy (non-hydrogen) atoms. The van der Waals surface area contributed by atoms with E-state index >= 15 is 0 Å². The van der Waals surface area contributed by atoms with Gasteiger partial charge in [-0.1, -0.05) is 6.07 Å². The minimum atomic E-state index is 0.577. The maximum atomic E-state index is 6.05. The SMILES string of the molecule is CCn1nc(C)c(N)c1Oc1cccc2ncccc12. The molecule has 0 radical (unpaired) electrons. The van der Waals surface area contributed by atoms with Gasteiger partial charge in [-0.05, 0) is 38.1 Å². The molecule has 0 aliphatic rings. The van der Waals surface area contributed by atoms with Gasteiger partial charge in [-0.15, -0.1) is 0 Å². The number of hydrogen-bond donors (Lipinski definition) is 1. The number of nitrogens with two attached hydrogens (primary N) is 1. The number of anilines is 1. The summed E-state index contributed by atoms with van der Waals surface area (Å²) in [7, 11) is 0. The molecule has 3 rings (SSSR count). The number of rotatable bonds is 3. The molecule has 0 fully saturated rings.